The largest absolute Gasteiger partial charge is 0.507 e. The quantitative estimate of drug-likeness (QED) is 0.266. The van der Waals surface area contributed by atoms with Crippen molar-refractivity contribution in [2.45, 2.75) is 62.4 Å². The number of phenolic OH excluding ortho intramolecular Hbond substituents is 2. The molecule has 1 aliphatic heterocycles. The molecule has 0 unspecified atom stereocenters. The van der Waals surface area contributed by atoms with Gasteiger partial charge in [0.05, 0.1) is 42.1 Å². The molecule has 6 atom stereocenters. The van der Waals surface area contributed by atoms with Crippen molar-refractivity contribution in [2.24, 2.45) is 5.73 Å². The maximum Gasteiger partial charge on any atom is 0.202 e. The minimum absolute atomic E-state index is 0.0297. The summed E-state index contributed by atoms with van der Waals surface area (Å²) < 4.78 is 22.1. The van der Waals surface area contributed by atoms with Gasteiger partial charge in [0.2, 0.25) is 5.78 Å². The smallest absolute Gasteiger partial charge is 0.202 e. The van der Waals surface area contributed by atoms with Crippen LogP contribution in [0.2, 0.25) is 0 Å². The van der Waals surface area contributed by atoms with Gasteiger partial charge in [0, 0.05) is 49.1 Å². The molecular formula is C28H31NO11. The van der Waals surface area contributed by atoms with Crippen LogP contribution in [0.5, 0.6) is 17.2 Å². The SMILES string of the molecule is COCC(=O)[C@]1(O)Cc2c(O)c3c(c(O)c2[C@@H](O[C@H]2C[C@H](N)[C@H](O)[C@H](C)O2)C1)C(=O)c1c(OC)cccc1C3=O. The number of hydrogen-bond donors (Lipinski definition) is 5. The highest BCUT2D eigenvalue weighted by atomic mass is 16.7. The van der Waals surface area contributed by atoms with Gasteiger partial charge in [-0.05, 0) is 13.0 Å². The van der Waals surface area contributed by atoms with Gasteiger partial charge in [-0.25, -0.2) is 0 Å². The molecule has 1 fully saturated rings. The molecule has 0 aromatic heterocycles. The lowest BCUT2D eigenvalue weighted by molar-refractivity contribution is -0.247. The summed E-state index contributed by atoms with van der Waals surface area (Å²) in [6.07, 6.45) is -4.80. The Morgan fingerprint density at radius 3 is 2.48 bits per heavy atom. The Morgan fingerprint density at radius 1 is 1.12 bits per heavy atom. The van der Waals surface area contributed by atoms with E-state index in [1.165, 1.54) is 32.4 Å². The summed E-state index contributed by atoms with van der Waals surface area (Å²) in [6, 6.07) is 3.71. The topological polar surface area (TPSA) is 195 Å². The zero-order valence-electron chi connectivity index (χ0n) is 22.2. The lowest BCUT2D eigenvalue weighted by Gasteiger charge is -2.42. The zero-order chi connectivity index (χ0) is 29.1. The summed E-state index contributed by atoms with van der Waals surface area (Å²) in [7, 11) is 2.62. The molecule has 0 amide bonds. The first-order chi connectivity index (χ1) is 18.9. The number of nitrogens with two attached hydrogens (primary N) is 1. The fourth-order valence-corrected chi connectivity index (χ4v) is 5.87. The Balaban J connectivity index is 1.68. The highest BCUT2D eigenvalue weighted by molar-refractivity contribution is 6.31. The molecule has 2 aromatic carbocycles. The summed E-state index contributed by atoms with van der Waals surface area (Å²) in [5, 5.41) is 44.6. The van der Waals surface area contributed by atoms with Gasteiger partial charge in [-0.1, -0.05) is 12.1 Å². The van der Waals surface area contributed by atoms with E-state index in [1.807, 2.05) is 0 Å². The van der Waals surface area contributed by atoms with Crippen molar-refractivity contribution in [1.82, 2.24) is 0 Å². The lowest BCUT2D eigenvalue weighted by atomic mass is 9.72. The van der Waals surface area contributed by atoms with Crippen LogP contribution in [0.1, 0.15) is 68.8 Å². The third-order valence-electron chi connectivity index (χ3n) is 7.94. The second kappa shape index (κ2) is 10.2. The van der Waals surface area contributed by atoms with Crippen molar-refractivity contribution in [3.05, 3.63) is 51.6 Å². The number of aliphatic hydroxyl groups is 2. The van der Waals surface area contributed by atoms with E-state index in [2.05, 4.69) is 0 Å². The number of aliphatic hydroxyl groups excluding tert-OH is 1. The van der Waals surface area contributed by atoms with E-state index in [0.717, 1.165) is 0 Å². The monoisotopic (exact) mass is 557 g/mol. The maximum atomic E-state index is 13.7. The van der Waals surface area contributed by atoms with Crippen LogP contribution in [0.3, 0.4) is 0 Å². The Labute approximate surface area is 229 Å². The van der Waals surface area contributed by atoms with E-state index < -0.39 is 89.2 Å². The van der Waals surface area contributed by atoms with Crippen molar-refractivity contribution in [2.75, 3.05) is 20.8 Å². The number of benzene rings is 2. The van der Waals surface area contributed by atoms with Gasteiger partial charge in [0.15, 0.2) is 17.9 Å². The highest BCUT2D eigenvalue weighted by Crippen LogP contribution is 2.52. The van der Waals surface area contributed by atoms with Crippen LogP contribution in [-0.2, 0) is 25.4 Å². The van der Waals surface area contributed by atoms with Crippen LogP contribution in [-0.4, -0.2) is 88.7 Å². The van der Waals surface area contributed by atoms with Gasteiger partial charge in [0.25, 0.3) is 0 Å². The molecular weight excluding hydrogens is 526 g/mol. The van der Waals surface area contributed by atoms with Gasteiger partial charge in [-0.3, -0.25) is 14.4 Å². The molecule has 1 saturated heterocycles. The highest BCUT2D eigenvalue weighted by Gasteiger charge is 2.50. The van der Waals surface area contributed by atoms with Crippen molar-refractivity contribution >= 4 is 17.3 Å². The van der Waals surface area contributed by atoms with Crippen LogP contribution in [0.15, 0.2) is 18.2 Å². The van der Waals surface area contributed by atoms with Gasteiger partial charge in [-0.15, -0.1) is 0 Å². The number of rotatable bonds is 6. The number of ether oxygens (including phenoxy) is 4. The Bertz CT molecular complexity index is 1390. The number of methoxy groups -OCH3 is 2. The van der Waals surface area contributed by atoms with Crippen LogP contribution in [0.25, 0.3) is 0 Å². The number of phenols is 2. The summed E-state index contributed by atoms with van der Waals surface area (Å²) in [6.45, 7) is 1.15. The van der Waals surface area contributed by atoms with E-state index in [1.54, 1.807) is 6.92 Å². The lowest BCUT2D eigenvalue weighted by Crippen LogP contribution is -2.53. The number of fused-ring (bicyclic) bond motifs is 3. The number of hydrogen-bond acceptors (Lipinski definition) is 12. The third-order valence-corrected chi connectivity index (χ3v) is 7.94. The molecule has 0 radical (unpaired) electrons. The molecule has 0 spiro atoms. The molecule has 6 N–H and O–H groups in total. The van der Waals surface area contributed by atoms with Crippen molar-refractivity contribution in [3.63, 3.8) is 0 Å². The van der Waals surface area contributed by atoms with Gasteiger partial charge < -0.3 is 45.1 Å². The van der Waals surface area contributed by atoms with Crippen molar-refractivity contribution in [1.29, 1.82) is 0 Å². The molecule has 40 heavy (non-hydrogen) atoms. The molecule has 3 aliphatic rings. The van der Waals surface area contributed by atoms with Crippen LogP contribution in [0.4, 0.5) is 0 Å². The van der Waals surface area contributed by atoms with E-state index in [4.69, 9.17) is 24.7 Å². The molecule has 12 heteroatoms. The molecule has 5 rings (SSSR count). The first-order valence-electron chi connectivity index (χ1n) is 12.8. The number of ketones is 3. The van der Waals surface area contributed by atoms with E-state index in [0.29, 0.717) is 0 Å². The minimum Gasteiger partial charge on any atom is -0.507 e. The second-order valence-corrected chi connectivity index (χ2v) is 10.4. The maximum absolute atomic E-state index is 13.7. The standard InChI is InChI=1S/C28H31NO11/c1-11-23(31)14(29)7-18(39-11)40-16-9-28(36,17(30)10-37-2)8-13-20(16)27(35)22-21(25(13)33)24(32)12-5-4-6-15(38-3)19(12)26(22)34/h4-6,11,14,16,18,23,31,33,35-36H,7-10,29H2,1-3H3/t11-,14-,16-,18-,23+,28-/m0/s1. The molecule has 12 nitrogen and oxygen atoms in total. The predicted molar refractivity (Wildman–Crippen MR) is 137 cm³/mol. The summed E-state index contributed by atoms with van der Waals surface area (Å²) in [5.41, 5.74) is 2.75. The summed E-state index contributed by atoms with van der Waals surface area (Å²) in [4.78, 5) is 40.2. The van der Waals surface area contributed by atoms with Crippen molar-refractivity contribution < 1.29 is 53.8 Å². The first-order valence-corrected chi connectivity index (χ1v) is 12.8. The van der Waals surface area contributed by atoms with E-state index in [-0.39, 0.29) is 40.8 Å². The number of Topliss-reactive ketones (excluding diaryl/α,β-unsaturated/α-hetero) is 1. The molecule has 0 bridgehead atoms. The molecule has 214 valence electrons. The van der Waals surface area contributed by atoms with Gasteiger partial charge >= 0.3 is 0 Å². The normalized spacial score (nSPS) is 29.4. The van der Waals surface area contributed by atoms with Crippen molar-refractivity contribution in [3.8, 4) is 17.2 Å². The van der Waals surface area contributed by atoms with E-state index in [9.17, 15) is 34.8 Å². The zero-order valence-corrected chi connectivity index (χ0v) is 22.2. The first kappa shape index (κ1) is 28.1. The van der Waals surface area contributed by atoms with Gasteiger partial charge in [-0.2, -0.15) is 0 Å². The minimum atomic E-state index is -2.11. The fourth-order valence-electron chi connectivity index (χ4n) is 5.87. The Kier molecular flexibility index (Phi) is 7.19. The molecule has 0 saturated carbocycles. The molecule has 2 aromatic rings. The molecule has 1 heterocycles. The van der Waals surface area contributed by atoms with E-state index >= 15 is 0 Å². The number of carbonyl (C=O) groups is 3. The summed E-state index contributed by atoms with van der Waals surface area (Å²) >= 11 is 0. The Morgan fingerprint density at radius 2 is 1.82 bits per heavy atom. The third kappa shape index (κ3) is 4.28. The number of aromatic hydroxyl groups is 2. The number of carbonyl (C=O) groups excluding carboxylic acids is 3. The van der Waals surface area contributed by atoms with Crippen LogP contribution in [0, 0.1) is 0 Å². The Hall–Kier alpha value is -3.39. The van der Waals surface area contributed by atoms with Crippen LogP contribution >= 0.6 is 0 Å². The average molecular weight is 558 g/mol. The van der Waals surface area contributed by atoms with Gasteiger partial charge in [0.1, 0.15) is 29.5 Å². The average Bonchev–Trinajstić information content (AvgIpc) is 2.91. The molecule has 2 aliphatic carbocycles. The van der Waals surface area contributed by atoms with Crippen LogP contribution < -0.4 is 10.5 Å². The summed E-state index contributed by atoms with van der Waals surface area (Å²) in [5.74, 6) is -3.37. The predicted octanol–water partition coefficient (Wildman–Crippen LogP) is 0.655. The fraction of sp³-hybridized carbons (Fsp3) is 0.464. The second-order valence-electron chi connectivity index (χ2n) is 10.4.